The summed E-state index contributed by atoms with van der Waals surface area (Å²) in [5.41, 5.74) is 0.336. The summed E-state index contributed by atoms with van der Waals surface area (Å²) in [7, 11) is 0. The fourth-order valence-corrected chi connectivity index (χ4v) is 3.91. The van der Waals surface area contributed by atoms with Gasteiger partial charge in [0.1, 0.15) is 0 Å². The second-order valence-electron chi connectivity index (χ2n) is 5.05. The molecule has 0 heterocycles. The van der Waals surface area contributed by atoms with Crippen molar-refractivity contribution in [1.29, 1.82) is 0 Å². The van der Waals surface area contributed by atoms with Crippen molar-refractivity contribution >= 4 is 0 Å². The lowest BCUT2D eigenvalue weighted by Gasteiger charge is -2.22. The summed E-state index contributed by atoms with van der Waals surface area (Å²) in [6.45, 7) is 0. The highest BCUT2D eigenvalue weighted by Crippen LogP contribution is 2.28. The molecule has 0 aliphatic heterocycles. The molecule has 0 amide bonds. The second kappa shape index (κ2) is 7.45. The summed E-state index contributed by atoms with van der Waals surface area (Å²) < 4.78 is 4.50. The first-order valence-electron chi connectivity index (χ1n) is 7.33. The zero-order valence-electron chi connectivity index (χ0n) is 12.5. The molecule has 0 aromatic heterocycles. The van der Waals surface area contributed by atoms with Crippen LogP contribution in [0.5, 0.6) is 0 Å². The third kappa shape index (κ3) is 3.82. The lowest BCUT2D eigenvalue weighted by atomic mass is 9.87. The van der Waals surface area contributed by atoms with E-state index in [1.807, 2.05) is 78.9 Å². The molecule has 0 atom stereocenters. The van der Waals surface area contributed by atoms with Crippen LogP contribution in [0.1, 0.15) is 11.1 Å². The average Bonchev–Trinajstić information content (AvgIpc) is 2.64. The van der Waals surface area contributed by atoms with Crippen LogP contribution in [0.3, 0.4) is 0 Å². The van der Waals surface area contributed by atoms with Crippen molar-refractivity contribution in [2.75, 3.05) is 0 Å². The number of hydrogen-bond acceptors (Lipinski definition) is 1. The lowest BCUT2D eigenvalue weighted by Crippen LogP contribution is -3.59. The van der Waals surface area contributed by atoms with Crippen LogP contribution in [0.25, 0.3) is 0 Å². The maximum atomic E-state index is 11.3. The molecule has 23 heavy (non-hydrogen) atoms. The van der Waals surface area contributed by atoms with Crippen LogP contribution < -0.4 is 21.2 Å². The van der Waals surface area contributed by atoms with Crippen molar-refractivity contribution in [3.8, 4) is 9.85 Å². The van der Waals surface area contributed by atoms with E-state index in [1.54, 1.807) is 0 Å². The molecule has 0 fully saturated rings. The predicted molar refractivity (Wildman–Crippen MR) is 88.8 cm³/mol. The molecule has 1 nitrogen and oxygen atoms in total. The Morgan fingerprint density at radius 3 is 1.57 bits per heavy atom. The van der Waals surface area contributed by atoms with Crippen molar-refractivity contribution in [1.82, 2.24) is 0 Å². The molecular weight excluding hydrogens is 395 g/mol. The SMILES string of the molecule is OC(C#C[I+]c1ccccc1)(c1ccccc1)c1ccccc1. The highest BCUT2D eigenvalue weighted by Gasteiger charge is 2.30. The van der Waals surface area contributed by atoms with Crippen LogP contribution in [0.2, 0.25) is 0 Å². The van der Waals surface area contributed by atoms with Crippen LogP contribution in [0, 0.1) is 13.4 Å². The fourth-order valence-electron chi connectivity index (χ4n) is 2.29. The van der Waals surface area contributed by atoms with E-state index in [-0.39, 0.29) is 0 Å². The van der Waals surface area contributed by atoms with E-state index < -0.39 is 26.8 Å². The van der Waals surface area contributed by atoms with Crippen LogP contribution in [-0.2, 0) is 5.60 Å². The Kier molecular flexibility index (Phi) is 5.12. The normalized spacial score (nSPS) is 10.7. The first-order valence-corrected chi connectivity index (χ1v) is 9.49. The number of aliphatic hydroxyl groups is 1. The van der Waals surface area contributed by atoms with E-state index in [9.17, 15) is 5.11 Å². The molecule has 0 aliphatic rings. The molecule has 0 unspecified atom stereocenters. The molecule has 112 valence electrons. The zero-order valence-corrected chi connectivity index (χ0v) is 14.6. The van der Waals surface area contributed by atoms with Crippen LogP contribution in [0.4, 0.5) is 0 Å². The van der Waals surface area contributed by atoms with E-state index in [1.165, 1.54) is 3.57 Å². The molecule has 0 saturated carbocycles. The molecule has 3 aromatic carbocycles. The quantitative estimate of drug-likeness (QED) is 0.501. The molecule has 0 spiro atoms. The highest BCUT2D eigenvalue weighted by molar-refractivity contribution is 5.43. The van der Waals surface area contributed by atoms with Gasteiger partial charge in [-0.25, -0.2) is 0 Å². The Morgan fingerprint density at radius 2 is 1.09 bits per heavy atom. The molecule has 0 bridgehead atoms. The van der Waals surface area contributed by atoms with E-state index in [0.717, 1.165) is 11.1 Å². The molecule has 1 N–H and O–H groups in total. The van der Waals surface area contributed by atoms with Gasteiger partial charge < -0.3 is 5.11 Å². The maximum Gasteiger partial charge on any atom is 0.419 e. The molecule has 2 heteroatoms. The van der Waals surface area contributed by atoms with Crippen LogP contribution in [0.15, 0.2) is 91.0 Å². The number of halogens is 1. The summed E-state index contributed by atoms with van der Waals surface area (Å²) in [5, 5.41) is 11.3. The van der Waals surface area contributed by atoms with Gasteiger partial charge in [0.15, 0.2) is 9.53 Å². The van der Waals surface area contributed by atoms with Gasteiger partial charge in [0, 0.05) is 11.1 Å². The van der Waals surface area contributed by atoms with Crippen LogP contribution in [-0.4, -0.2) is 5.11 Å². The third-order valence-corrected chi connectivity index (χ3v) is 5.38. The molecular formula is C21H16IO+. The Morgan fingerprint density at radius 1 is 0.652 bits per heavy atom. The topological polar surface area (TPSA) is 20.2 Å². The summed E-state index contributed by atoms with van der Waals surface area (Å²) >= 11 is -0.444. The lowest BCUT2D eigenvalue weighted by molar-refractivity contribution is -0.535. The maximum absolute atomic E-state index is 11.3. The Balaban J connectivity index is 1.97. The van der Waals surface area contributed by atoms with E-state index in [4.69, 9.17) is 0 Å². The molecule has 0 saturated heterocycles. The van der Waals surface area contributed by atoms with Crippen molar-refractivity contribution in [2.45, 2.75) is 5.60 Å². The van der Waals surface area contributed by atoms with E-state index in [0.29, 0.717) is 0 Å². The van der Waals surface area contributed by atoms with E-state index >= 15 is 0 Å². The minimum Gasteiger partial charge on any atom is -0.369 e. The summed E-state index contributed by atoms with van der Waals surface area (Å²) in [6, 6.07) is 29.5. The third-order valence-electron chi connectivity index (χ3n) is 3.50. The Bertz CT molecular complexity index is 762. The van der Waals surface area contributed by atoms with Gasteiger partial charge in [-0.1, -0.05) is 78.9 Å². The second-order valence-corrected chi connectivity index (χ2v) is 7.38. The van der Waals surface area contributed by atoms with Gasteiger partial charge >= 0.3 is 21.2 Å². The van der Waals surface area contributed by atoms with Gasteiger partial charge in [-0.3, -0.25) is 0 Å². The Hall–Kier alpha value is -2.09. The van der Waals surface area contributed by atoms with Crippen molar-refractivity contribution in [3.63, 3.8) is 0 Å². The zero-order chi connectivity index (χ0) is 16.0. The van der Waals surface area contributed by atoms with Gasteiger partial charge in [0.2, 0.25) is 3.57 Å². The average molecular weight is 411 g/mol. The van der Waals surface area contributed by atoms with Gasteiger partial charge in [-0.05, 0) is 18.1 Å². The standard InChI is InChI=1S/C21H16IO/c23-21(18-10-4-1-5-11-18,19-12-6-2-7-13-19)16-17-22-20-14-8-3-9-15-20/h1-15,23H/q+1. The minimum absolute atomic E-state index is 0.444. The van der Waals surface area contributed by atoms with Crippen LogP contribution >= 0.6 is 0 Å². The number of hydrogen-bond donors (Lipinski definition) is 1. The summed E-state index contributed by atoms with van der Waals surface area (Å²) in [4.78, 5) is 0. The number of rotatable bonds is 3. The first kappa shape index (κ1) is 15.8. The smallest absolute Gasteiger partial charge is 0.369 e. The van der Waals surface area contributed by atoms with Crippen molar-refractivity contribution in [2.24, 2.45) is 0 Å². The summed E-state index contributed by atoms with van der Waals surface area (Å²) in [5.74, 6) is 3.13. The highest BCUT2D eigenvalue weighted by atomic mass is 127. The van der Waals surface area contributed by atoms with Crippen molar-refractivity contribution in [3.05, 3.63) is 106 Å². The largest absolute Gasteiger partial charge is 0.419 e. The minimum atomic E-state index is -1.27. The number of benzene rings is 3. The van der Waals surface area contributed by atoms with Crippen molar-refractivity contribution < 1.29 is 26.3 Å². The predicted octanol–water partition coefficient (Wildman–Crippen LogP) is 0.842. The van der Waals surface area contributed by atoms with Gasteiger partial charge in [0.05, 0.1) is 0 Å². The monoisotopic (exact) mass is 411 g/mol. The Labute approximate surface area is 147 Å². The molecule has 0 aliphatic carbocycles. The molecule has 3 rings (SSSR count). The van der Waals surface area contributed by atoms with E-state index in [2.05, 4.69) is 22.0 Å². The van der Waals surface area contributed by atoms with Gasteiger partial charge in [-0.15, -0.1) is 0 Å². The summed E-state index contributed by atoms with van der Waals surface area (Å²) in [6.07, 6.45) is 0. The fraction of sp³-hybridized carbons (Fsp3) is 0.0476. The van der Waals surface area contributed by atoms with Gasteiger partial charge in [-0.2, -0.15) is 0 Å². The molecule has 0 radical (unpaired) electrons. The first-order chi connectivity index (χ1) is 11.3. The van der Waals surface area contributed by atoms with Gasteiger partial charge in [0.25, 0.3) is 0 Å². The molecule has 3 aromatic rings.